The van der Waals surface area contributed by atoms with Crippen molar-refractivity contribution in [3.8, 4) is 5.75 Å². The minimum absolute atomic E-state index is 0.0188. The van der Waals surface area contributed by atoms with E-state index in [9.17, 15) is 9.90 Å². The Hall–Kier alpha value is -1.84. The van der Waals surface area contributed by atoms with Crippen LogP contribution in [0.4, 0.5) is 0 Å². The molecule has 112 valence electrons. The lowest BCUT2D eigenvalue weighted by Crippen LogP contribution is -2.34. The molecule has 1 aromatic rings. The van der Waals surface area contributed by atoms with Crippen LogP contribution in [0.15, 0.2) is 29.4 Å². The highest BCUT2D eigenvalue weighted by Gasteiger charge is 2.60. The summed E-state index contributed by atoms with van der Waals surface area (Å²) in [6.07, 6.45) is 3.34. The van der Waals surface area contributed by atoms with Crippen molar-refractivity contribution in [3.05, 3.63) is 29.8 Å². The second-order valence-electron chi connectivity index (χ2n) is 7.01. The van der Waals surface area contributed by atoms with E-state index < -0.39 is 0 Å². The number of hydrogen-bond donors (Lipinski definition) is 2. The number of rotatable bonds is 2. The summed E-state index contributed by atoms with van der Waals surface area (Å²) in [5.74, 6) is 0.280. The van der Waals surface area contributed by atoms with E-state index in [4.69, 9.17) is 0 Å². The molecule has 2 aliphatic rings. The van der Waals surface area contributed by atoms with Crippen LogP contribution < -0.4 is 5.43 Å². The predicted molar refractivity (Wildman–Crippen MR) is 82.2 cm³/mol. The minimum atomic E-state index is -0.357. The van der Waals surface area contributed by atoms with Gasteiger partial charge in [0.25, 0.3) is 5.91 Å². The second kappa shape index (κ2) is 4.58. The molecule has 0 aromatic heterocycles. The van der Waals surface area contributed by atoms with Gasteiger partial charge in [0.05, 0.1) is 5.56 Å². The average Bonchev–Trinajstić information content (AvgIpc) is 2.78. The molecule has 0 heterocycles. The summed E-state index contributed by atoms with van der Waals surface area (Å²) in [5, 5.41) is 14.1. The Morgan fingerprint density at radius 3 is 2.62 bits per heavy atom. The van der Waals surface area contributed by atoms with Crippen LogP contribution in [-0.2, 0) is 0 Å². The number of nitrogens with zero attached hydrogens (tertiary/aromatic N) is 1. The molecule has 0 radical (unpaired) electrons. The van der Waals surface area contributed by atoms with Gasteiger partial charge in [-0.2, -0.15) is 5.10 Å². The first-order chi connectivity index (χ1) is 9.86. The van der Waals surface area contributed by atoms with E-state index in [1.165, 1.54) is 12.5 Å². The molecule has 2 fully saturated rings. The normalized spacial score (nSPS) is 31.6. The number of aromatic hydroxyl groups is 1. The van der Waals surface area contributed by atoms with Crippen molar-refractivity contribution in [1.82, 2.24) is 5.43 Å². The molecule has 0 saturated heterocycles. The Morgan fingerprint density at radius 2 is 2.05 bits per heavy atom. The number of hydrazone groups is 1. The number of nitrogens with one attached hydrogen (secondary N) is 1. The van der Waals surface area contributed by atoms with Crippen LogP contribution in [0.1, 0.15) is 50.4 Å². The van der Waals surface area contributed by atoms with E-state index in [1.54, 1.807) is 18.2 Å². The van der Waals surface area contributed by atoms with Crippen LogP contribution in [0, 0.1) is 16.7 Å². The van der Waals surface area contributed by atoms with Crippen molar-refractivity contribution in [3.63, 3.8) is 0 Å². The summed E-state index contributed by atoms with van der Waals surface area (Å²) in [6.45, 7) is 6.86. The number of phenols is 1. The van der Waals surface area contributed by atoms with Gasteiger partial charge in [-0.3, -0.25) is 4.79 Å². The first-order valence-corrected chi connectivity index (χ1v) is 7.51. The van der Waals surface area contributed by atoms with Crippen molar-refractivity contribution in [1.29, 1.82) is 0 Å². The van der Waals surface area contributed by atoms with Gasteiger partial charge >= 0.3 is 0 Å². The lowest BCUT2D eigenvalue weighted by molar-refractivity contribution is 0.0951. The molecule has 21 heavy (non-hydrogen) atoms. The molecule has 2 saturated carbocycles. The van der Waals surface area contributed by atoms with Gasteiger partial charge < -0.3 is 5.11 Å². The molecule has 2 atom stereocenters. The maximum Gasteiger partial charge on any atom is 0.275 e. The molecule has 2 N–H and O–H groups in total. The molecule has 4 nitrogen and oxygen atoms in total. The van der Waals surface area contributed by atoms with Crippen LogP contribution in [0.3, 0.4) is 0 Å². The first kappa shape index (κ1) is 14.1. The molecule has 2 bridgehead atoms. The zero-order chi connectivity index (χ0) is 15.3. The minimum Gasteiger partial charge on any atom is -0.507 e. The van der Waals surface area contributed by atoms with Crippen molar-refractivity contribution in [2.75, 3.05) is 0 Å². The van der Waals surface area contributed by atoms with Crippen LogP contribution in [0.2, 0.25) is 0 Å². The van der Waals surface area contributed by atoms with E-state index >= 15 is 0 Å². The SMILES string of the molecule is CC1(C)[C@H]2CC[C@@]1(C)/C(=N\NC(=O)c1ccccc1O)C2. The number of carbonyl (C=O) groups is 1. The van der Waals surface area contributed by atoms with E-state index in [-0.39, 0.29) is 28.1 Å². The van der Waals surface area contributed by atoms with Crippen LogP contribution in [-0.4, -0.2) is 16.7 Å². The van der Waals surface area contributed by atoms with Crippen molar-refractivity contribution in [2.24, 2.45) is 21.8 Å². The van der Waals surface area contributed by atoms with Crippen LogP contribution in [0.5, 0.6) is 5.75 Å². The Balaban J connectivity index is 1.79. The number of fused-ring (bicyclic) bond motifs is 2. The third-order valence-electron chi connectivity index (χ3n) is 5.95. The summed E-state index contributed by atoms with van der Waals surface area (Å²) in [7, 11) is 0. The summed E-state index contributed by atoms with van der Waals surface area (Å²) in [5.41, 5.74) is 4.28. The van der Waals surface area contributed by atoms with Gasteiger partial charge in [-0.25, -0.2) is 5.43 Å². The highest BCUT2D eigenvalue weighted by molar-refractivity contribution is 5.99. The van der Waals surface area contributed by atoms with Crippen molar-refractivity contribution in [2.45, 2.75) is 40.0 Å². The first-order valence-electron chi connectivity index (χ1n) is 7.51. The molecule has 2 aliphatic carbocycles. The highest BCUT2D eigenvalue weighted by Crippen LogP contribution is 2.63. The fourth-order valence-corrected chi connectivity index (χ4v) is 3.94. The molecule has 4 heteroatoms. The largest absolute Gasteiger partial charge is 0.507 e. The summed E-state index contributed by atoms with van der Waals surface area (Å²) in [4.78, 5) is 12.1. The number of phenolic OH excluding ortho intramolecular Hbond substituents is 1. The Bertz CT molecular complexity index is 621. The molecule has 0 aliphatic heterocycles. The van der Waals surface area contributed by atoms with Crippen LogP contribution >= 0.6 is 0 Å². The van der Waals surface area contributed by atoms with Crippen LogP contribution in [0.25, 0.3) is 0 Å². The number of carbonyl (C=O) groups excluding carboxylic acids is 1. The zero-order valence-electron chi connectivity index (χ0n) is 12.8. The number of benzene rings is 1. The van der Waals surface area contributed by atoms with Crippen molar-refractivity contribution >= 4 is 11.6 Å². The molecule has 0 unspecified atom stereocenters. The standard InChI is InChI=1S/C17H22N2O2/c1-16(2)11-8-9-17(16,3)14(10-11)18-19-15(21)12-6-4-5-7-13(12)20/h4-7,11,20H,8-10H2,1-3H3,(H,19,21)/b18-14-/t11-,17-/m0/s1. The number of para-hydroxylation sites is 1. The lowest BCUT2D eigenvalue weighted by Gasteiger charge is -2.34. The van der Waals surface area contributed by atoms with E-state index in [0.717, 1.165) is 18.6 Å². The summed E-state index contributed by atoms with van der Waals surface area (Å²) >= 11 is 0. The topological polar surface area (TPSA) is 61.7 Å². The quantitative estimate of drug-likeness (QED) is 0.819. The molecule has 3 rings (SSSR count). The van der Waals surface area contributed by atoms with Gasteiger partial charge in [0.1, 0.15) is 5.75 Å². The zero-order valence-corrected chi connectivity index (χ0v) is 12.8. The maximum absolute atomic E-state index is 12.1. The highest BCUT2D eigenvalue weighted by atomic mass is 16.3. The Kier molecular flexibility index (Phi) is 3.08. The molecule has 1 amide bonds. The summed E-state index contributed by atoms with van der Waals surface area (Å²) in [6, 6.07) is 6.52. The third-order valence-corrected chi connectivity index (χ3v) is 5.95. The van der Waals surface area contributed by atoms with E-state index in [1.807, 2.05) is 0 Å². The fraction of sp³-hybridized carbons (Fsp3) is 0.529. The number of amides is 1. The molecule has 1 aromatic carbocycles. The molecular formula is C17H22N2O2. The van der Waals surface area contributed by atoms with Gasteiger partial charge in [0, 0.05) is 11.1 Å². The lowest BCUT2D eigenvalue weighted by atomic mass is 9.70. The monoisotopic (exact) mass is 286 g/mol. The van der Waals surface area contributed by atoms with Crippen molar-refractivity contribution < 1.29 is 9.90 Å². The van der Waals surface area contributed by atoms with Gasteiger partial charge in [0.2, 0.25) is 0 Å². The van der Waals surface area contributed by atoms with Gasteiger partial charge in [-0.1, -0.05) is 32.9 Å². The Labute approximate surface area is 125 Å². The maximum atomic E-state index is 12.1. The van der Waals surface area contributed by atoms with E-state index in [2.05, 4.69) is 31.3 Å². The smallest absolute Gasteiger partial charge is 0.275 e. The molecular weight excluding hydrogens is 264 g/mol. The molecule has 0 spiro atoms. The summed E-state index contributed by atoms with van der Waals surface area (Å²) < 4.78 is 0. The van der Waals surface area contributed by atoms with Gasteiger partial charge in [-0.05, 0) is 42.7 Å². The number of hydrogen-bond acceptors (Lipinski definition) is 3. The van der Waals surface area contributed by atoms with Gasteiger partial charge in [0.15, 0.2) is 0 Å². The Morgan fingerprint density at radius 1 is 1.33 bits per heavy atom. The second-order valence-corrected chi connectivity index (χ2v) is 7.01. The average molecular weight is 286 g/mol. The van der Waals surface area contributed by atoms with E-state index in [0.29, 0.717) is 5.92 Å². The fourth-order valence-electron chi connectivity index (χ4n) is 3.94. The third kappa shape index (κ3) is 1.96. The van der Waals surface area contributed by atoms with Gasteiger partial charge in [-0.15, -0.1) is 0 Å². The predicted octanol–water partition coefficient (Wildman–Crippen LogP) is 3.32.